The molecule has 0 aliphatic heterocycles. The van der Waals surface area contributed by atoms with Crippen LogP contribution in [0.4, 0.5) is 0 Å². The lowest BCUT2D eigenvalue weighted by Gasteiger charge is -2.22. The lowest BCUT2D eigenvalue weighted by atomic mass is 9.88. The van der Waals surface area contributed by atoms with Crippen LogP contribution in [0.2, 0.25) is 5.02 Å². The lowest BCUT2D eigenvalue weighted by Crippen LogP contribution is -2.17. The van der Waals surface area contributed by atoms with Gasteiger partial charge in [0, 0.05) is 15.4 Å². The van der Waals surface area contributed by atoms with E-state index in [0.29, 0.717) is 5.88 Å². The molecule has 0 heterocycles. The molecule has 0 spiro atoms. The average molecular weight is 296 g/mol. The SMILES string of the molecule is CC(C)(CCl)Cc1cc(Cl)ccc1Br. The van der Waals surface area contributed by atoms with Crippen molar-refractivity contribution < 1.29 is 0 Å². The molecule has 0 fully saturated rings. The molecule has 0 aliphatic rings. The highest BCUT2D eigenvalue weighted by Crippen LogP contribution is 2.29. The fourth-order valence-electron chi connectivity index (χ4n) is 1.24. The molecular weight excluding hydrogens is 283 g/mol. The van der Waals surface area contributed by atoms with Gasteiger partial charge in [0.15, 0.2) is 0 Å². The molecule has 0 radical (unpaired) electrons. The molecule has 1 aromatic carbocycles. The Kier molecular flexibility index (Phi) is 4.30. The normalized spacial score (nSPS) is 11.8. The molecule has 78 valence electrons. The van der Waals surface area contributed by atoms with E-state index in [1.165, 1.54) is 5.56 Å². The van der Waals surface area contributed by atoms with E-state index in [4.69, 9.17) is 23.2 Å². The number of alkyl halides is 1. The van der Waals surface area contributed by atoms with Crippen molar-refractivity contribution in [3.05, 3.63) is 33.3 Å². The van der Waals surface area contributed by atoms with Crippen LogP contribution in [-0.2, 0) is 6.42 Å². The summed E-state index contributed by atoms with van der Waals surface area (Å²) >= 11 is 15.3. The van der Waals surface area contributed by atoms with E-state index in [1.54, 1.807) is 0 Å². The van der Waals surface area contributed by atoms with Crippen molar-refractivity contribution in [2.45, 2.75) is 20.3 Å². The average Bonchev–Trinajstić information content (AvgIpc) is 2.11. The third kappa shape index (κ3) is 3.45. The summed E-state index contributed by atoms with van der Waals surface area (Å²) in [5, 5.41) is 0.772. The first-order valence-electron chi connectivity index (χ1n) is 4.44. The monoisotopic (exact) mass is 294 g/mol. The van der Waals surface area contributed by atoms with Crippen LogP contribution < -0.4 is 0 Å². The van der Waals surface area contributed by atoms with Gasteiger partial charge in [-0.1, -0.05) is 41.4 Å². The van der Waals surface area contributed by atoms with Crippen molar-refractivity contribution in [3.63, 3.8) is 0 Å². The summed E-state index contributed by atoms with van der Waals surface area (Å²) in [5.41, 5.74) is 1.32. The minimum Gasteiger partial charge on any atom is -0.126 e. The topological polar surface area (TPSA) is 0 Å². The van der Waals surface area contributed by atoms with Gasteiger partial charge in [-0.25, -0.2) is 0 Å². The van der Waals surface area contributed by atoms with Crippen molar-refractivity contribution in [2.75, 3.05) is 5.88 Å². The highest BCUT2D eigenvalue weighted by atomic mass is 79.9. The molecule has 1 aromatic rings. The van der Waals surface area contributed by atoms with Crippen molar-refractivity contribution in [3.8, 4) is 0 Å². The maximum Gasteiger partial charge on any atom is 0.0409 e. The van der Waals surface area contributed by atoms with Crippen LogP contribution in [-0.4, -0.2) is 5.88 Å². The fraction of sp³-hybridized carbons (Fsp3) is 0.455. The molecule has 0 nitrogen and oxygen atoms in total. The van der Waals surface area contributed by atoms with Crippen LogP contribution in [0, 0.1) is 5.41 Å². The van der Waals surface area contributed by atoms with Gasteiger partial charge in [0.1, 0.15) is 0 Å². The Bertz CT molecular complexity index is 321. The summed E-state index contributed by atoms with van der Waals surface area (Å²) in [7, 11) is 0. The largest absolute Gasteiger partial charge is 0.126 e. The predicted octanol–water partition coefficient (Wildman–Crippen LogP) is 4.91. The third-order valence-corrected chi connectivity index (χ3v) is 3.77. The highest BCUT2D eigenvalue weighted by molar-refractivity contribution is 9.10. The van der Waals surface area contributed by atoms with Crippen LogP contribution in [0.1, 0.15) is 19.4 Å². The van der Waals surface area contributed by atoms with Crippen LogP contribution in [0.25, 0.3) is 0 Å². The molecule has 14 heavy (non-hydrogen) atoms. The second kappa shape index (κ2) is 4.87. The molecule has 3 heteroatoms. The Morgan fingerprint density at radius 2 is 2.00 bits per heavy atom. The molecule has 0 aromatic heterocycles. The van der Waals surface area contributed by atoms with Crippen molar-refractivity contribution in [1.29, 1.82) is 0 Å². The van der Waals surface area contributed by atoms with Gasteiger partial charge in [-0.05, 0) is 35.6 Å². The van der Waals surface area contributed by atoms with Gasteiger partial charge < -0.3 is 0 Å². The van der Waals surface area contributed by atoms with E-state index in [1.807, 2.05) is 18.2 Å². The fourth-order valence-corrected chi connectivity index (χ4v) is 1.92. The Balaban J connectivity index is 2.91. The first kappa shape index (κ1) is 12.4. The first-order valence-corrected chi connectivity index (χ1v) is 6.15. The second-order valence-electron chi connectivity index (χ2n) is 4.21. The summed E-state index contributed by atoms with van der Waals surface area (Å²) < 4.78 is 1.10. The van der Waals surface area contributed by atoms with Crippen LogP contribution in [0.15, 0.2) is 22.7 Å². The summed E-state index contributed by atoms with van der Waals surface area (Å²) in [6.07, 6.45) is 0.928. The quantitative estimate of drug-likeness (QED) is 0.695. The lowest BCUT2D eigenvalue weighted by molar-refractivity contribution is 0.417. The van der Waals surface area contributed by atoms with Gasteiger partial charge >= 0.3 is 0 Å². The van der Waals surface area contributed by atoms with Crippen molar-refractivity contribution >= 4 is 39.1 Å². The number of rotatable bonds is 3. The zero-order valence-corrected chi connectivity index (χ0v) is 11.4. The zero-order chi connectivity index (χ0) is 10.8. The van der Waals surface area contributed by atoms with Gasteiger partial charge in [0.05, 0.1) is 0 Å². The smallest absolute Gasteiger partial charge is 0.0409 e. The second-order valence-corrected chi connectivity index (χ2v) is 5.77. The first-order chi connectivity index (χ1) is 6.44. The van der Waals surface area contributed by atoms with Gasteiger partial charge in [0.25, 0.3) is 0 Å². The number of hydrogen-bond acceptors (Lipinski definition) is 0. The molecular formula is C11H13BrCl2. The Hall–Kier alpha value is 0.280. The molecule has 0 saturated heterocycles. The number of halogens is 3. The summed E-state index contributed by atoms with van der Waals surface area (Å²) in [4.78, 5) is 0. The molecule has 0 atom stereocenters. The van der Waals surface area contributed by atoms with Crippen molar-refractivity contribution in [1.82, 2.24) is 0 Å². The molecule has 0 saturated carbocycles. The molecule has 0 amide bonds. The zero-order valence-electron chi connectivity index (χ0n) is 8.28. The Labute approximate surface area is 104 Å². The van der Waals surface area contributed by atoms with E-state index < -0.39 is 0 Å². The molecule has 0 bridgehead atoms. The summed E-state index contributed by atoms with van der Waals surface area (Å²) in [6.45, 7) is 4.29. The van der Waals surface area contributed by atoms with Crippen LogP contribution in [0.3, 0.4) is 0 Å². The highest BCUT2D eigenvalue weighted by Gasteiger charge is 2.18. The Morgan fingerprint density at radius 3 is 2.57 bits per heavy atom. The maximum atomic E-state index is 5.94. The van der Waals surface area contributed by atoms with E-state index in [9.17, 15) is 0 Å². The Morgan fingerprint density at radius 1 is 1.36 bits per heavy atom. The van der Waals surface area contributed by atoms with Crippen LogP contribution in [0.5, 0.6) is 0 Å². The number of benzene rings is 1. The van der Waals surface area contributed by atoms with E-state index >= 15 is 0 Å². The van der Waals surface area contributed by atoms with E-state index in [-0.39, 0.29) is 5.41 Å². The predicted molar refractivity (Wildman–Crippen MR) is 67.4 cm³/mol. The van der Waals surface area contributed by atoms with E-state index in [0.717, 1.165) is 15.9 Å². The summed E-state index contributed by atoms with van der Waals surface area (Å²) in [6, 6.07) is 5.84. The maximum absolute atomic E-state index is 5.94. The van der Waals surface area contributed by atoms with Crippen LogP contribution >= 0.6 is 39.1 Å². The molecule has 0 unspecified atom stereocenters. The summed E-state index contributed by atoms with van der Waals surface area (Å²) in [5.74, 6) is 0.645. The van der Waals surface area contributed by atoms with Gasteiger partial charge in [0.2, 0.25) is 0 Å². The third-order valence-electron chi connectivity index (χ3n) is 2.04. The molecule has 1 rings (SSSR count). The standard InChI is InChI=1S/C11H13BrCl2/c1-11(2,7-13)6-8-5-9(14)3-4-10(8)12/h3-5H,6-7H2,1-2H3. The van der Waals surface area contributed by atoms with Crippen molar-refractivity contribution in [2.24, 2.45) is 5.41 Å². The van der Waals surface area contributed by atoms with Gasteiger partial charge in [-0.3, -0.25) is 0 Å². The molecule has 0 aliphatic carbocycles. The van der Waals surface area contributed by atoms with E-state index in [2.05, 4.69) is 29.8 Å². The van der Waals surface area contributed by atoms with Gasteiger partial charge in [-0.15, -0.1) is 11.6 Å². The molecule has 0 N–H and O–H groups in total. The minimum atomic E-state index is 0.106. The number of hydrogen-bond donors (Lipinski definition) is 0. The minimum absolute atomic E-state index is 0.106. The van der Waals surface area contributed by atoms with Gasteiger partial charge in [-0.2, -0.15) is 0 Å².